The Morgan fingerprint density at radius 1 is 0.800 bits per heavy atom. The van der Waals surface area contributed by atoms with Gasteiger partial charge in [-0.15, -0.1) is 0 Å². The predicted octanol–water partition coefficient (Wildman–Crippen LogP) is 5.63. The van der Waals surface area contributed by atoms with Crippen LogP contribution in [0.3, 0.4) is 0 Å². The number of allylic oxidation sites excluding steroid dienone is 4. The summed E-state index contributed by atoms with van der Waals surface area (Å²) in [6, 6.07) is 12.0. The van der Waals surface area contributed by atoms with Crippen molar-refractivity contribution in [1.82, 2.24) is 0 Å². The first-order chi connectivity index (χ1) is 9.06. The van der Waals surface area contributed by atoms with Crippen LogP contribution in [0.25, 0.3) is 0 Å². The van der Waals surface area contributed by atoms with Crippen molar-refractivity contribution in [2.24, 2.45) is 0 Å². The molecule has 3 heteroatoms. The Morgan fingerprint density at radius 2 is 1.20 bits per heavy atom. The van der Waals surface area contributed by atoms with Gasteiger partial charge in [-0.3, -0.25) is 0 Å². The van der Waals surface area contributed by atoms with E-state index < -0.39 is 16.1 Å². The van der Waals surface area contributed by atoms with E-state index in [1.807, 2.05) is 36.4 Å². The summed E-state index contributed by atoms with van der Waals surface area (Å²) >= 11 is 2.91. The quantitative estimate of drug-likeness (QED) is 0.613. The number of hydrogen-bond donors (Lipinski definition) is 0. The zero-order valence-electron chi connectivity index (χ0n) is 13.6. The number of rotatable bonds is 2. The molecule has 0 aromatic heterocycles. The molecule has 1 unspecified atom stereocenters. The van der Waals surface area contributed by atoms with Crippen LogP contribution >= 0.6 is 0 Å². The molecule has 0 bridgehead atoms. The molecule has 1 aromatic carbocycles. The Labute approximate surface area is 136 Å². The smallest absolute Gasteiger partial charge is 0.0623 e. The molecule has 0 heterocycles. The van der Waals surface area contributed by atoms with E-state index in [0.717, 1.165) is 0 Å². The Balaban J connectivity index is 0.000000276. The molecule has 0 radical (unpaired) electrons. The topological polar surface area (TPSA) is 0 Å². The summed E-state index contributed by atoms with van der Waals surface area (Å²) in [5.41, 5.74) is 0. The van der Waals surface area contributed by atoms with E-state index in [0.29, 0.717) is 3.75 Å². The van der Waals surface area contributed by atoms with Crippen LogP contribution in [0.2, 0.25) is 43.0 Å². The Hall–Kier alpha value is -0.282. The fourth-order valence-corrected chi connectivity index (χ4v) is 4.96. The second kappa shape index (κ2) is 6.65. The average molecular weight is 339 g/mol. The van der Waals surface area contributed by atoms with E-state index in [9.17, 15) is 0 Å². The first-order valence-corrected chi connectivity index (χ1v) is 14.9. The summed E-state index contributed by atoms with van der Waals surface area (Å²) in [5, 5.41) is 1.63. The van der Waals surface area contributed by atoms with E-state index >= 15 is 0 Å². The third kappa shape index (κ3) is 4.92. The molecule has 0 fully saturated rings. The van der Waals surface area contributed by atoms with Crippen molar-refractivity contribution >= 4 is 16.1 Å². The van der Waals surface area contributed by atoms with Gasteiger partial charge in [-0.25, -0.2) is 0 Å². The molecule has 108 valence electrons. The first-order valence-electron chi connectivity index (χ1n) is 7.21. The van der Waals surface area contributed by atoms with Gasteiger partial charge in [0.05, 0.1) is 0 Å². The van der Waals surface area contributed by atoms with Gasteiger partial charge in [0, 0.05) is 0 Å². The molecule has 0 amide bonds. The number of benzene rings is 1. The Bertz CT molecular complexity index is 451. The average Bonchev–Trinajstić information content (AvgIpc) is 2.76. The summed E-state index contributed by atoms with van der Waals surface area (Å²) in [6.07, 6.45) is 7.33. The van der Waals surface area contributed by atoms with Crippen molar-refractivity contribution in [2.45, 2.75) is 43.0 Å². The van der Waals surface area contributed by atoms with Crippen molar-refractivity contribution in [3.05, 3.63) is 59.8 Å². The molecule has 1 aliphatic rings. The van der Waals surface area contributed by atoms with E-state index in [2.05, 4.69) is 74.9 Å². The predicted molar refractivity (Wildman–Crippen MR) is 93.1 cm³/mol. The van der Waals surface area contributed by atoms with E-state index in [1.54, 1.807) is 5.20 Å². The standard InChI is InChI=1S/C11H21Si2.C6H6.V/c1-12(2,3)10-7-8-11(9-10)13(4,5)6;1-2-4-6-5-3-1;/h7-9H,1-6H3;1-6H;. The van der Waals surface area contributed by atoms with Gasteiger partial charge < -0.3 is 0 Å². The Kier molecular flexibility index (Phi) is 5.91. The molecule has 0 nitrogen and oxygen atoms in total. The second-order valence-corrected chi connectivity index (χ2v) is 19.6. The van der Waals surface area contributed by atoms with Gasteiger partial charge in [0.15, 0.2) is 0 Å². The van der Waals surface area contributed by atoms with Gasteiger partial charge in [-0.1, -0.05) is 36.4 Å². The van der Waals surface area contributed by atoms with Crippen LogP contribution in [0.15, 0.2) is 59.8 Å². The van der Waals surface area contributed by atoms with Crippen LogP contribution < -0.4 is 0 Å². The van der Waals surface area contributed by atoms with Gasteiger partial charge in [0.2, 0.25) is 0 Å². The monoisotopic (exact) mass is 338 g/mol. The van der Waals surface area contributed by atoms with Gasteiger partial charge in [0.1, 0.15) is 0 Å². The minimum Gasteiger partial charge on any atom is -0.0623 e. The van der Waals surface area contributed by atoms with Gasteiger partial charge in [-0.2, -0.15) is 0 Å². The molecule has 2 rings (SSSR count). The van der Waals surface area contributed by atoms with Crippen LogP contribution in [-0.2, 0) is 17.4 Å². The minimum absolute atomic E-state index is 0.329. The number of hydrogen-bond acceptors (Lipinski definition) is 0. The van der Waals surface area contributed by atoms with E-state index in [4.69, 9.17) is 0 Å². The summed E-state index contributed by atoms with van der Waals surface area (Å²) in [7, 11) is -2.24. The van der Waals surface area contributed by atoms with Crippen LogP contribution in [0.5, 0.6) is 0 Å². The maximum atomic E-state index is 2.91. The van der Waals surface area contributed by atoms with Crippen LogP contribution in [0, 0.1) is 0 Å². The molecule has 0 aliphatic heterocycles. The minimum atomic E-state index is -1.14. The molecular formula is C17H27Si2V. The molecular weight excluding hydrogens is 311 g/mol. The summed E-state index contributed by atoms with van der Waals surface area (Å²) in [6.45, 7) is 14.6. The first kappa shape index (κ1) is 17.8. The molecule has 1 aliphatic carbocycles. The summed E-state index contributed by atoms with van der Waals surface area (Å²) in [4.78, 5) is 0. The van der Waals surface area contributed by atoms with E-state index in [1.165, 1.54) is 0 Å². The SMILES string of the molecule is C[Si](C)(C)C1=C[C]([V])([Si](C)(C)C)C=C1.c1ccccc1. The van der Waals surface area contributed by atoms with E-state index in [-0.39, 0.29) is 0 Å². The van der Waals surface area contributed by atoms with Crippen LogP contribution in [-0.4, -0.2) is 16.1 Å². The Morgan fingerprint density at radius 3 is 1.40 bits per heavy atom. The van der Waals surface area contributed by atoms with Crippen molar-refractivity contribution in [2.75, 3.05) is 0 Å². The largest absolute Gasteiger partial charge is 0.0623 e. The third-order valence-corrected chi connectivity index (χ3v) is 12.0. The van der Waals surface area contributed by atoms with Crippen LogP contribution in [0.4, 0.5) is 0 Å². The zero-order chi connectivity index (χ0) is 15.4. The fourth-order valence-electron chi connectivity index (χ4n) is 1.87. The molecule has 0 saturated carbocycles. The molecule has 0 spiro atoms. The molecule has 1 aromatic rings. The van der Waals surface area contributed by atoms with Gasteiger partial charge in [-0.05, 0) is 0 Å². The van der Waals surface area contributed by atoms with Crippen molar-refractivity contribution in [3.8, 4) is 0 Å². The second-order valence-electron chi connectivity index (χ2n) is 7.41. The van der Waals surface area contributed by atoms with Gasteiger partial charge in [0.25, 0.3) is 0 Å². The summed E-state index contributed by atoms with van der Waals surface area (Å²) in [5.74, 6) is 0. The molecule has 0 N–H and O–H groups in total. The normalized spacial score (nSPS) is 22.0. The molecule has 0 saturated heterocycles. The maximum Gasteiger partial charge on any atom is -0.0623 e. The van der Waals surface area contributed by atoms with Gasteiger partial charge >= 0.3 is 100 Å². The van der Waals surface area contributed by atoms with Crippen molar-refractivity contribution < 1.29 is 17.4 Å². The van der Waals surface area contributed by atoms with Crippen molar-refractivity contribution in [3.63, 3.8) is 0 Å². The molecule has 20 heavy (non-hydrogen) atoms. The maximum absolute atomic E-state index is 2.91. The fraction of sp³-hybridized carbons (Fsp3) is 0.412. The zero-order valence-corrected chi connectivity index (χ0v) is 17.0. The summed E-state index contributed by atoms with van der Waals surface area (Å²) < 4.78 is 0.329. The van der Waals surface area contributed by atoms with Crippen molar-refractivity contribution in [1.29, 1.82) is 0 Å². The third-order valence-electron chi connectivity index (χ3n) is 3.63. The van der Waals surface area contributed by atoms with Crippen LogP contribution in [0.1, 0.15) is 0 Å². The molecule has 1 atom stereocenters.